The van der Waals surface area contributed by atoms with E-state index in [1.165, 1.54) is 5.57 Å². The number of hydrogen-bond donors (Lipinski definition) is 5. The fourth-order valence-electron chi connectivity index (χ4n) is 12.2. The number of fused-ring (bicyclic) bond motifs is 7. The predicted molar refractivity (Wildman–Crippen MR) is 165 cm³/mol. The molecule has 250 valence electrons. The van der Waals surface area contributed by atoms with Crippen molar-refractivity contribution >= 4 is 5.97 Å². The van der Waals surface area contributed by atoms with E-state index in [0.717, 1.165) is 44.9 Å². The average Bonchev–Trinajstić information content (AvgIpc) is 2.97. The van der Waals surface area contributed by atoms with Crippen molar-refractivity contribution in [1.82, 2.24) is 0 Å². The molecule has 1 aliphatic heterocycles. The number of aliphatic hydroxyl groups is 5. The van der Waals surface area contributed by atoms with Crippen molar-refractivity contribution in [1.29, 1.82) is 0 Å². The van der Waals surface area contributed by atoms with Crippen molar-refractivity contribution in [3.8, 4) is 0 Å². The Hall–Kier alpha value is -1.03. The van der Waals surface area contributed by atoms with Gasteiger partial charge in [0.1, 0.15) is 24.4 Å². The van der Waals surface area contributed by atoms with E-state index in [1.807, 2.05) is 0 Å². The Morgan fingerprint density at radius 3 is 2.27 bits per heavy atom. The van der Waals surface area contributed by atoms with Gasteiger partial charge in [0, 0.05) is 0 Å². The molecule has 0 aromatic carbocycles. The van der Waals surface area contributed by atoms with Crippen molar-refractivity contribution in [2.75, 3.05) is 6.61 Å². The van der Waals surface area contributed by atoms with Gasteiger partial charge < -0.3 is 35.0 Å². The molecule has 0 aromatic rings. The number of hydrogen-bond acceptors (Lipinski definition) is 8. The van der Waals surface area contributed by atoms with E-state index in [2.05, 4.69) is 54.5 Å². The van der Waals surface area contributed by atoms with E-state index in [0.29, 0.717) is 30.6 Å². The normalized spacial score (nSPS) is 55.0. The highest BCUT2D eigenvalue weighted by molar-refractivity contribution is 5.79. The monoisotopic (exact) mass is 618 g/mol. The first-order valence-electron chi connectivity index (χ1n) is 17.4. The Balaban J connectivity index is 1.36. The SMILES string of the molecule is C[C@H]1[C@H](C)CC[C@]2(C(=O)O[C@@H]3O[C@H](CO)[C@H](O)[C@H](O)[C@H]3O)CC[C@]3(C)C(=CC[C@@H]4[C@@]5(C)CC[C@H](O)C(C)(C)C5CC[C@]43C)[C@H]12. The Morgan fingerprint density at radius 2 is 1.59 bits per heavy atom. The van der Waals surface area contributed by atoms with E-state index in [1.54, 1.807) is 0 Å². The van der Waals surface area contributed by atoms with Crippen molar-refractivity contribution in [3.63, 3.8) is 0 Å². The van der Waals surface area contributed by atoms with Gasteiger partial charge in [-0.15, -0.1) is 0 Å². The largest absolute Gasteiger partial charge is 0.432 e. The van der Waals surface area contributed by atoms with Crippen LogP contribution in [-0.2, 0) is 14.3 Å². The molecule has 4 saturated carbocycles. The zero-order valence-corrected chi connectivity index (χ0v) is 28.0. The van der Waals surface area contributed by atoms with Crippen LogP contribution in [0.2, 0.25) is 0 Å². The van der Waals surface area contributed by atoms with Crippen LogP contribution in [0.5, 0.6) is 0 Å². The molecule has 0 aromatic heterocycles. The predicted octanol–water partition coefficient (Wildman–Crippen LogP) is 4.35. The van der Waals surface area contributed by atoms with Crippen molar-refractivity contribution in [2.45, 2.75) is 143 Å². The Bertz CT molecular complexity index is 1170. The molecular formula is C36H58O8. The molecule has 5 aliphatic carbocycles. The van der Waals surface area contributed by atoms with Gasteiger partial charge in [-0.25, -0.2) is 0 Å². The zero-order chi connectivity index (χ0) is 32.2. The molecule has 15 atom stereocenters. The van der Waals surface area contributed by atoms with E-state index in [4.69, 9.17) is 9.47 Å². The minimum Gasteiger partial charge on any atom is -0.432 e. The second-order valence-electron chi connectivity index (χ2n) is 17.3. The molecule has 8 nitrogen and oxygen atoms in total. The Labute approximate surface area is 263 Å². The third-order valence-electron chi connectivity index (χ3n) is 15.4. The molecule has 8 heteroatoms. The number of ether oxygens (including phenoxy) is 2. The van der Waals surface area contributed by atoms with Crippen molar-refractivity contribution in [2.24, 2.45) is 56.7 Å². The van der Waals surface area contributed by atoms with Gasteiger partial charge in [0.05, 0.1) is 18.1 Å². The molecule has 6 aliphatic rings. The number of allylic oxidation sites excluding steroid dienone is 2. The average molecular weight is 619 g/mol. The lowest BCUT2D eigenvalue weighted by atomic mass is 9.33. The zero-order valence-electron chi connectivity index (χ0n) is 28.0. The van der Waals surface area contributed by atoms with Crippen molar-refractivity contribution in [3.05, 3.63) is 11.6 Å². The number of aliphatic hydroxyl groups excluding tert-OH is 5. The molecular weight excluding hydrogens is 560 g/mol. The molecule has 5 N–H and O–H groups in total. The summed E-state index contributed by atoms with van der Waals surface area (Å²) in [4.78, 5) is 14.4. The van der Waals surface area contributed by atoms with Crippen LogP contribution in [0.25, 0.3) is 0 Å². The van der Waals surface area contributed by atoms with E-state index < -0.39 is 48.7 Å². The smallest absolute Gasteiger partial charge is 0.315 e. The molecule has 0 amide bonds. The first-order valence-corrected chi connectivity index (χ1v) is 17.4. The summed E-state index contributed by atoms with van der Waals surface area (Å²) >= 11 is 0. The quantitative estimate of drug-likeness (QED) is 0.233. The molecule has 0 bridgehead atoms. The third kappa shape index (κ3) is 4.26. The summed E-state index contributed by atoms with van der Waals surface area (Å²) in [6.07, 6.45) is 3.22. The van der Waals surface area contributed by atoms with Crippen LogP contribution in [0.15, 0.2) is 11.6 Å². The summed E-state index contributed by atoms with van der Waals surface area (Å²) in [5.74, 6) is 1.26. The summed E-state index contributed by atoms with van der Waals surface area (Å²) in [6.45, 7) is 16.1. The van der Waals surface area contributed by atoms with Gasteiger partial charge in [-0.05, 0) is 109 Å². The molecule has 1 heterocycles. The molecule has 1 saturated heterocycles. The van der Waals surface area contributed by atoms with Gasteiger partial charge in [0.25, 0.3) is 0 Å². The maximum atomic E-state index is 14.4. The standard InChI is InChI=1S/C36H58O8/c1-19-10-15-36(31(42)44-30-29(41)28(40)27(39)22(18-37)43-30)17-16-34(6)21(26(36)20(19)2)8-9-24-33(5)13-12-25(38)32(3,4)23(33)11-14-35(24,34)7/h8,19-20,22-30,37-41H,9-18H2,1-7H3/t19-,20+,22-,23?,24-,25+,26+,27+,28+,29-,30+,33+,34-,35-,36+/m1/s1. The number of rotatable bonds is 3. The van der Waals surface area contributed by atoms with Crippen LogP contribution in [0, 0.1) is 56.7 Å². The minimum atomic E-state index is -1.61. The molecule has 5 fully saturated rings. The second kappa shape index (κ2) is 10.7. The Morgan fingerprint density at radius 1 is 0.886 bits per heavy atom. The lowest BCUT2D eigenvalue weighted by Gasteiger charge is -2.71. The van der Waals surface area contributed by atoms with Crippen LogP contribution in [0.1, 0.15) is 106 Å². The summed E-state index contributed by atoms with van der Waals surface area (Å²) < 4.78 is 11.6. The highest BCUT2D eigenvalue weighted by Crippen LogP contribution is 2.75. The van der Waals surface area contributed by atoms with Gasteiger partial charge >= 0.3 is 5.97 Å². The summed E-state index contributed by atoms with van der Waals surface area (Å²) in [5.41, 5.74) is 0.661. The van der Waals surface area contributed by atoms with Crippen LogP contribution in [0.4, 0.5) is 0 Å². The highest BCUT2D eigenvalue weighted by Gasteiger charge is 2.70. The van der Waals surface area contributed by atoms with Crippen LogP contribution in [0.3, 0.4) is 0 Å². The molecule has 44 heavy (non-hydrogen) atoms. The second-order valence-corrected chi connectivity index (χ2v) is 17.3. The number of carbonyl (C=O) groups is 1. The van der Waals surface area contributed by atoms with E-state index in [9.17, 15) is 30.3 Å². The summed E-state index contributed by atoms with van der Waals surface area (Å²) in [5, 5.41) is 52.0. The minimum absolute atomic E-state index is 0.00434. The number of carbonyl (C=O) groups excluding carboxylic acids is 1. The summed E-state index contributed by atoms with van der Waals surface area (Å²) in [6, 6.07) is 0. The fourth-order valence-corrected chi connectivity index (χ4v) is 12.2. The topological polar surface area (TPSA) is 137 Å². The first-order chi connectivity index (χ1) is 20.5. The van der Waals surface area contributed by atoms with Gasteiger partial charge in [0.15, 0.2) is 0 Å². The first kappa shape index (κ1) is 32.9. The molecule has 0 spiro atoms. The van der Waals surface area contributed by atoms with E-state index >= 15 is 0 Å². The van der Waals surface area contributed by atoms with Gasteiger partial charge in [-0.1, -0.05) is 60.1 Å². The van der Waals surface area contributed by atoms with Crippen LogP contribution < -0.4 is 0 Å². The fraction of sp³-hybridized carbons (Fsp3) is 0.917. The van der Waals surface area contributed by atoms with Gasteiger partial charge in [0.2, 0.25) is 6.29 Å². The highest BCUT2D eigenvalue weighted by atomic mass is 16.7. The van der Waals surface area contributed by atoms with E-state index in [-0.39, 0.29) is 39.6 Å². The summed E-state index contributed by atoms with van der Waals surface area (Å²) in [7, 11) is 0. The van der Waals surface area contributed by atoms with Crippen LogP contribution in [-0.4, -0.2) is 74.9 Å². The Kier molecular flexibility index (Phi) is 8.03. The lowest BCUT2D eigenvalue weighted by molar-refractivity contribution is -0.297. The van der Waals surface area contributed by atoms with Gasteiger partial charge in [-0.2, -0.15) is 0 Å². The molecule has 0 radical (unpaired) electrons. The van der Waals surface area contributed by atoms with Crippen LogP contribution >= 0.6 is 0 Å². The lowest BCUT2D eigenvalue weighted by Crippen LogP contribution is -2.66. The van der Waals surface area contributed by atoms with Crippen molar-refractivity contribution < 1.29 is 39.8 Å². The maximum absolute atomic E-state index is 14.4. The third-order valence-corrected chi connectivity index (χ3v) is 15.4. The maximum Gasteiger partial charge on any atom is 0.315 e. The molecule has 1 unspecified atom stereocenters. The molecule has 6 rings (SSSR count). The van der Waals surface area contributed by atoms with Gasteiger partial charge in [-0.3, -0.25) is 4.79 Å². The number of esters is 1.